The molecule has 0 bridgehead atoms. The number of rotatable bonds is 3. The van der Waals surface area contributed by atoms with Gasteiger partial charge in [-0.1, -0.05) is 11.3 Å². The van der Waals surface area contributed by atoms with E-state index in [1.54, 1.807) is 19.2 Å². The molecule has 2 rings (SSSR count). The SMILES string of the molecule is Cc1ccc(C(N)=O)cc1NC(=O)c1cn(C)nn1. The van der Waals surface area contributed by atoms with Crippen molar-refractivity contribution in [2.24, 2.45) is 12.8 Å². The van der Waals surface area contributed by atoms with Crippen LogP contribution < -0.4 is 11.1 Å². The number of hydrogen-bond donors (Lipinski definition) is 2. The zero-order valence-corrected chi connectivity index (χ0v) is 10.5. The third-order valence-corrected chi connectivity index (χ3v) is 2.61. The highest BCUT2D eigenvalue weighted by atomic mass is 16.2. The molecule has 1 aromatic heterocycles. The second kappa shape index (κ2) is 4.89. The highest BCUT2D eigenvalue weighted by Gasteiger charge is 2.12. The predicted molar refractivity (Wildman–Crippen MR) is 68.7 cm³/mol. The van der Waals surface area contributed by atoms with Crippen molar-refractivity contribution in [3.8, 4) is 0 Å². The van der Waals surface area contributed by atoms with Crippen LogP contribution in [0.25, 0.3) is 0 Å². The number of carbonyl (C=O) groups excluding carboxylic acids is 2. The van der Waals surface area contributed by atoms with Crippen LogP contribution in [0.5, 0.6) is 0 Å². The first-order valence-electron chi connectivity index (χ1n) is 5.55. The van der Waals surface area contributed by atoms with Gasteiger partial charge in [-0.05, 0) is 24.6 Å². The molecule has 0 saturated heterocycles. The maximum atomic E-state index is 11.9. The third kappa shape index (κ3) is 2.76. The number of nitrogens with two attached hydrogens (primary N) is 1. The second-order valence-corrected chi connectivity index (χ2v) is 4.13. The van der Waals surface area contributed by atoms with E-state index in [4.69, 9.17) is 5.73 Å². The van der Waals surface area contributed by atoms with E-state index in [-0.39, 0.29) is 5.69 Å². The molecule has 98 valence electrons. The molecule has 0 fully saturated rings. The standard InChI is InChI=1S/C12H13N5O2/c1-7-3-4-8(11(13)18)5-9(7)14-12(19)10-6-17(2)16-15-10/h3-6H,1-2H3,(H2,13,18)(H,14,19). The molecule has 0 aliphatic rings. The molecule has 3 N–H and O–H groups in total. The normalized spacial score (nSPS) is 10.2. The molecule has 1 heterocycles. The van der Waals surface area contributed by atoms with Crippen molar-refractivity contribution < 1.29 is 9.59 Å². The summed E-state index contributed by atoms with van der Waals surface area (Å²) in [5, 5.41) is 10.1. The minimum atomic E-state index is -0.546. The average molecular weight is 259 g/mol. The lowest BCUT2D eigenvalue weighted by atomic mass is 10.1. The van der Waals surface area contributed by atoms with Crippen molar-refractivity contribution in [2.45, 2.75) is 6.92 Å². The molecule has 0 saturated carbocycles. The smallest absolute Gasteiger partial charge is 0.277 e. The van der Waals surface area contributed by atoms with Gasteiger partial charge in [-0.15, -0.1) is 5.10 Å². The van der Waals surface area contributed by atoms with Crippen molar-refractivity contribution in [1.29, 1.82) is 0 Å². The maximum Gasteiger partial charge on any atom is 0.277 e. The van der Waals surface area contributed by atoms with Crippen LogP contribution in [-0.2, 0) is 7.05 Å². The number of anilines is 1. The molecule has 7 nitrogen and oxygen atoms in total. The summed E-state index contributed by atoms with van der Waals surface area (Å²) in [6.07, 6.45) is 1.50. The fourth-order valence-electron chi connectivity index (χ4n) is 1.55. The molecule has 0 atom stereocenters. The minimum Gasteiger partial charge on any atom is -0.366 e. The number of benzene rings is 1. The van der Waals surface area contributed by atoms with E-state index >= 15 is 0 Å². The lowest BCUT2D eigenvalue weighted by molar-refractivity contribution is 0.0995. The van der Waals surface area contributed by atoms with Gasteiger partial charge in [-0.3, -0.25) is 14.3 Å². The van der Waals surface area contributed by atoms with Gasteiger partial charge in [0.05, 0.1) is 6.20 Å². The molecular formula is C12H13N5O2. The van der Waals surface area contributed by atoms with Crippen molar-refractivity contribution in [2.75, 3.05) is 5.32 Å². The van der Waals surface area contributed by atoms with Crippen molar-refractivity contribution >= 4 is 17.5 Å². The molecule has 0 aliphatic carbocycles. The summed E-state index contributed by atoms with van der Waals surface area (Å²) in [7, 11) is 1.67. The first kappa shape index (κ1) is 12.7. The Morgan fingerprint density at radius 2 is 2.11 bits per heavy atom. The number of hydrogen-bond acceptors (Lipinski definition) is 4. The fourth-order valence-corrected chi connectivity index (χ4v) is 1.55. The van der Waals surface area contributed by atoms with Gasteiger partial charge in [0.25, 0.3) is 5.91 Å². The summed E-state index contributed by atoms with van der Waals surface area (Å²) in [5.74, 6) is -0.937. The Hall–Kier alpha value is -2.70. The van der Waals surface area contributed by atoms with Gasteiger partial charge in [-0.2, -0.15) is 0 Å². The molecule has 19 heavy (non-hydrogen) atoms. The Bertz CT molecular complexity index is 647. The molecule has 2 aromatic rings. The number of primary amides is 1. The van der Waals surface area contributed by atoms with Crippen molar-refractivity contribution in [1.82, 2.24) is 15.0 Å². The zero-order chi connectivity index (χ0) is 14.0. The van der Waals surface area contributed by atoms with Crippen LogP contribution in [0, 0.1) is 6.92 Å². The Balaban J connectivity index is 2.25. The Morgan fingerprint density at radius 3 is 2.68 bits per heavy atom. The maximum absolute atomic E-state index is 11.9. The second-order valence-electron chi connectivity index (χ2n) is 4.13. The van der Waals surface area contributed by atoms with Crippen LogP contribution in [0.1, 0.15) is 26.4 Å². The summed E-state index contributed by atoms with van der Waals surface area (Å²) in [6, 6.07) is 4.86. The summed E-state index contributed by atoms with van der Waals surface area (Å²) >= 11 is 0. The summed E-state index contributed by atoms with van der Waals surface area (Å²) < 4.78 is 1.43. The van der Waals surface area contributed by atoms with Gasteiger partial charge in [0.1, 0.15) is 0 Å². The fraction of sp³-hybridized carbons (Fsp3) is 0.167. The van der Waals surface area contributed by atoms with Gasteiger partial charge < -0.3 is 11.1 Å². The van der Waals surface area contributed by atoms with Gasteiger partial charge in [0.15, 0.2) is 5.69 Å². The lowest BCUT2D eigenvalue weighted by Crippen LogP contribution is -2.15. The van der Waals surface area contributed by atoms with Crippen LogP contribution in [0.4, 0.5) is 5.69 Å². The summed E-state index contributed by atoms with van der Waals surface area (Å²) in [4.78, 5) is 23.0. The molecule has 1 aromatic carbocycles. The van der Waals surface area contributed by atoms with Crippen molar-refractivity contribution in [3.63, 3.8) is 0 Å². The molecule has 0 aliphatic heterocycles. The van der Waals surface area contributed by atoms with Gasteiger partial charge >= 0.3 is 0 Å². The van der Waals surface area contributed by atoms with E-state index in [9.17, 15) is 9.59 Å². The quantitative estimate of drug-likeness (QED) is 0.836. The highest BCUT2D eigenvalue weighted by Crippen LogP contribution is 2.17. The van der Waals surface area contributed by atoms with Gasteiger partial charge in [-0.25, -0.2) is 0 Å². The van der Waals surface area contributed by atoms with Crippen LogP contribution in [0.2, 0.25) is 0 Å². The number of aryl methyl sites for hydroxylation is 2. The first-order chi connectivity index (χ1) is 8.97. The lowest BCUT2D eigenvalue weighted by Gasteiger charge is -2.08. The summed E-state index contributed by atoms with van der Waals surface area (Å²) in [6.45, 7) is 1.82. The Kier molecular flexibility index (Phi) is 3.28. The van der Waals surface area contributed by atoms with E-state index in [0.29, 0.717) is 11.3 Å². The van der Waals surface area contributed by atoms with Gasteiger partial charge in [0.2, 0.25) is 5.91 Å². The predicted octanol–water partition coefficient (Wildman–Crippen LogP) is 0.475. The molecule has 0 radical (unpaired) electrons. The molecule has 2 amide bonds. The topological polar surface area (TPSA) is 103 Å². The minimum absolute atomic E-state index is 0.200. The van der Waals surface area contributed by atoms with Crippen LogP contribution in [0.15, 0.2) is 24.4 Å². The molecular weight excluding hydrogens is 246 g/mol. The number of amides is 2. The highest BCUT2D eigenvalue weighted by molar-refractivity contribution is 6.04. The van der Waals surface area contributed by atoms with E-state index in [1.165, 1.54) is 16.9 Å². The number of nitrogens with one attached hydrogen (secondary N) is 1. The Morgan fingerprint density at radius 1 is 1.37 bits per heavy atom. The van der Waals surface area contributed by atoms with E-state index < -0.39 is 11.8 Å². The monoisotopic (exact) mass is 259 g/mol. The zero-order valence-electron chi connectivity index (χ0n) is 10.5. The first-order valence-corrected chi connectivity index (χ1v) is 5.55. The van der Waals surface area contributed by atoms with Gasteiger partial charge in [0, 0.05) is 18.3 Å². The molecule has 0 unspecified atom stereocenters. The van der Waals surface area contributed by atoms with Crippen LogP contribution in [0.3, 0.4) is 0 Å². The summed E-state index contributed by atoms with van der Waals surface area (Å²) in [5.41, 5.74) is 7.08. The average Bonchev–Trinajstić information content (AvgIpc) is 2.78. The van der Waals surface area contributed by atoms with E-state index in [0.717, 1.165) is 5.56 Å². The van der Waals surface area contributed by atoms with Crippen LogP contribution >= 0.6 is 0 Å². The third-order valence-electron chi connectivity index (χ3n) is 2.61. The largest absolute Gasteiger partial charge is 0.366 e. The van der Waals surface area contributed by atoms with Crippen LogP contribution in [-0.4, -0.2) is 26.8 Å². The molecule has 0 spiro atoms. The number of carbonyl (C=O) groups is 2. The number of aromatic nitrogens is 3. The van der Waals surface area contributed by atoms with E-state index in [2.05, 4.69) is 15.6 Å². The number of nitrogens with zero attached hydrogens (tertiary/aromatic N) is 3. The molecule has 7 heteroatoms. The van der Waals surface area contributed by atoms with Crippen molar-refractivity contribution in [3.05, 3.63) is 41.2 Å². The van der Waals surface area contributed by atoms with E-state index in [1.807, 2.05) is 6.92 Å². The Labute approximate surface area is 109 Å².